The van der Waals surface area contributed by atoms with Gasteiger partial charge in [-0.1, -0.05) is 0 Å². The summed E-state index contributed by atoms with van der Waals surface area (Å²) in [6.45, 7) is 6.12. The Hall–Kier alpha value is -2.44. The van der Waals surface area contributed by atoms with Crippen molar-refractivity contribution in [2.45, 2.75) is 32.6 Å². The topological polar surface area (TPSA) is 75.0 Å². The number of hydrogen-bond donors (Lipinski definition) is 1. The molecule has 1 atom stereocenters. The Morgan fingerprint density at radius 2 is 2.23 bits per heavy atom. The zero-order valence-electron chi connectivity index (χ0n) is 12.8. The predicted molar refractivity (Wildman–Crippen MR) is 83.0 cm³/mol. The zero-order valence-corrected chi connectivity index (χ0v) is 12.8. The van der Waals surface area contributed by atoms with Gasteiger partial charge >= 0.3 is 0 Å². The first-order valence-electron chi connectivity index (χ1n) is 7.65. The lowest BCUT2D eigenvalue weighted by Gasteiger charge is -2.34. The maximum absolute atomic E-state index is 4.51. The average Bonchev–Trinajstić information content (AvgIpc) is 3.19. The molecule has 0 amide bonds. The number of aromatic nitrogens is 6. The second kappa shape index (κ2) is 5.08. The van der Waals surface area contributed by atoms with E-state index in [0.29, 0.717) is 5.92 Å². The van der Waals surface area contributed by atoms with Gasteiger partial charge in [0.05, 0.1) is 11.4 Å². The summed E-state index contributed by atoms with van der Waals surface area (Å²) >= 11 is 0. The molecule has 1 aliphatic heterocycles. The highest BCUT2D eigenvalue weighted by Gasteiger charge is 2.26. The lowest BCUT2D eigenvalue weighted by molar-refractivity contribution is 0.493. The third kappa shape index (κ3) is 2.04. The molecule has 4 heterocycles. The molecule has 1 fully saturated rings. The van der Waals surface area contributed by atoms with Crippen LogP contribution in [0.25, 0.3) is 5.65 Å². The van der Waals surface area contributed by atoms with E-state index in [-0.39, 0.29) is 0 Å². The number of nitrogens with zero attached hydrogens (tertiary/aromatic N) is 6. The van der Waals surface area contributed by atoms with Gasteiger partial charge in [-0.2, -0.15) is 9.61 Å². The van der Waals surface area contributed by atoms with Crippen LogP contribution < -0.4 is 4.90 Å². The summed E-state index contributed by atoms with van der Waals surface area (Å²) in [4.78, 5) is 10.1. The quantitative estimate of drug-likeness (QED) is 0.781. The first-order chi connectivity index (χ1) is 10.7. The summed E-state index contributed by atoms with van der Waals surface area (Å²) < 4.78 is 1.77. The van der Waals surface area contributed by atoms with Gasteiger partial charge in [0.25, 0.3) is 0 Å². The van der Waals surface area contributed by atoms with E-state index in [1.807, 2.05) is 19.3 Å². The van der Waals surface area contributed by atoms with Gasteiger partial charge in [0.1, 0.15) is 12.2 Å². The van der Waals surface area contributed by atoms with Crippen molar-refractivity contribution in [3.05, 3.63) is 35.8 Å². The molecule has 7 heteroatoms. The van der Waals surface area contributed by atoms with Crippen LogP contribution in [0, 0.1) is 13.8 Å². The van der Waals surface area contributed by atoms with Crippen molar-refractivity contribution >= 4 is 11.3 Å². The van der Waals surface area contributed by atoms with Gasteiger partial charge in [-0.05, 0) is 32.3 Å². The van der Waals surface area contributed by atoms with Crippen LogP contribution in [-0.2, 0) is 0 Å². The Kier molecular flexibility index (Phi) is 3.06. The highest BCUT2D eigenvalue weighted by Crippen LogP contribution is 2.32. The number of imidazole rings is 1. The smallest absolute Gasteiger partial charge is 0.201 e. The van der Waals surface area contributed by atoms with Crippen molar-refractivity contribution in [3.63, 3.8) is 0 Å². The fourth-order valence-electron chi connectivity index (χ4n) is 3.32. The van der Waals surface area contributed by atoms with E-state index >= 15 is 0 Å². The summed E-state index contributed by atoms with van der Waals surface area (Å²) in [7, 11) is 0. The normalized spacial score (nSPS) is 19.0. The Bertz CT molecular complexity index is 790. The van der Waals surface area contributed by atoms with E-state index in [1.54, 1.807) is 10.8 Å². The molecule has 3 aromatic heterocycles. The maximum Gasteiger partial charge on any atom is 0.201 e. The standard InChI is InChI=1S/C15H19N7/c1-10-11(2)20-22-9-18-19-15(22)13(10)21-7-3-4-12(8-21)14-16-5-6-17-14/h5-6,9,12H,3-4,7-8H2,1-2H3,(H,16,17). The maximum atomic E-state index is 4.51. The third-order valence-electron chi connectivity index (χ3n) is 4.54. The van der Waals surface area contributed by atoms with Crippen LogP contribution >= 0.6 is 0 Å². The Balaban J connectivity index is 1.75. The number of aryl methyl sites for hydroxylation is 1. The van der Waals surface area contributed by atoms with Gasteiger partial charge in [-0.15, -0.1) is 10.2 Å². The molecular weight excluding hydrogens is 278 g/mol. The summed E-state index contributed by atoms with van der Waals surface area (Å²) in [5.74, 6) is 1.50. The summed E-state index contributed by atoms with van der Waals surface area (Å²) in [5, 5.41) is 12.8. The highest BCUT2D eigenvalue weighted by atomic mass is 15.4. The number of piperidine rings is 1. The van der Waals surface area contributed by atoms with Crippen LogP contribution in [0.1, 0.15) is 35.8 Å². The number of H-pyrrole nitrogens is 1. The Labute approximate surface area is 128 Å². The van der Waals surface area contributed by atoms with Crippen molar-refractivity contribution < 1.29 is 0 Å². The molecule has 1 N–H and O–H groups in total. The monoisotopic (exact) mass is 297 g/mol. The van der Waals surface area contributed by atoms with Gasteiger partial charge < -0.3 is 9.88 Å². The second-order valence-corrected chi connectivity index (χ2v) is 5.92. The van der Waals surface area contributed by atoms with Gasteiger partial charge in [-0.25, -0.2) is 4.98 Å². The molecule has 0 radical (unpaired) electrons. The van der Waals surface area contributed by atoms with Gasteiger partial charge in [0.15, 0.2) is 0 Å². The van der Waals surface area contributed by atoms with Gasteiger partial charge in [0, 0.05) is 31.4 Å². The molecule has 1 aliphatic rings. The molecule has 22 heavy (non-hydrogen) atoms. The third-order valence-corrected chi connectivity index (χ3v) is 4.54. The van der Waals surface area contributed by atoms with Crippen molar-refractivity contribution in [3.8, 4) is 0 Å². The van der Waals surface area contributed by atoms with Crippen LogP contribution in [-0.4, -0.2) is 42.9 Å². The second-order valence-electron chi connectivity index (χ2n) is 5.92. The van der Waals surface area contributed by atoms with E-state index in [9.17, 15) is 0 Å². The molecule has 0 bridgehead atoms. The van der Waals surface area contributed by atoms with Crippen LogP contribution in [0.2, 0.25) is 0 Å². The minimum absolute atomic E-state index is 0.430. The summed E-state index contributed by atoms with van der Waals surface area (Å²) in [5.41, 5.74) is 4.19. The molecule has 0 saturated carbocycles. The first kappa shape index (κ1) is 13.2. The van der Waals surface area contributed by atoms with Crippen molar-refractivity contribution in [1.82, 2.24) is 29.8 Å². The van der Waals surface area contributed by atoms with Crippen molar-refractivity contribution in [1.29, 1.82) is 0 Å². The SMILES string of the molecule is Cc1nn2cnnc2c(N2CCCC(c3ncc[nH]3)C2)c1C. The molecule has 1 unspecified atom stereocenters. The predicted octanol–water partition coefficient (Wildman–Crippen LogP) is 1.85. The van der Waals surface area contributed by atoms with E-state index in [1.165, 1.54) is 5.56 Å². The summed E-state index contributed by atoms with van der Waals surface area (Å²) in [6, 6.07) is 0. The number of aromatic amines is 1. The molecule has 7 nitrogen and oxygen atoms in total. The number of fused-ring (bicyclic) bond motifs is 1. The van der Waals surface area contributed by atoms with Crippen LogP contribution in [0.15, 0.2) is 18.7 Å². The number of hydrogen-bond acceptors (Lipinski definition) is 5. The minimum atomic E-state index is 0.430. The lowest BCUT2D eigenvalue weighted by atomic mass is 9.96. The van der Waals surface area contributed by atoms with E-state index < -0.39 is 0 Å². The van der Waals surface area contributed by atoms with Gasteiger partial charge in [-0.3, -0.25) is 0 Å². The molecule has 4 rings (SSSR count). The minimum Gasteiger partial charge on any atom is -0.367 e. The molecule has 3 aromatic rings. The fraction of sp³-hybridized carbons (Fsp3) is 0.467. The van der Waals surface area contributed by atoms with Crippen molar-refractivity contribution in [2.24, 2.45) is 0 Å². The van der Waals surface area contributed by atoms with Gasteiger partial charge in [0.2, 0.25) is 5.65 Å². The molecule has 1 saturated heterocycles. The van der Waals surface area contributed by atoms with Crippen LogP contribution in [0.4, 0.5) is 5.69 Å². The van der Waals surface area contributed by atoms with E-state index in [4.69, 9.17) is 0 Å². The highest BCUT2D eigenvalue weighted by molar-refractivity contribution is 5.72. The summed E-state index contributed by atoms with van der Waals surface area (Å²) in [6.07, 6.45) is 7.70. The van der Waals surface area contributed by atoms with Crippen molar-refractivity contribution in [2.75, 3.05) is 18.0 Å². The zero-order chi connectivity index (χ0) is 15.1. The van der Waals surface area contributed by atoms with Crippen LogP contribution in [0.3, 0.4) is 0 Å². The molecular formula is C15H19N7. The van der Waals surface area contributed by atoms with E-state index in [0.717, 1.165) is 48.8 Å². The average molecular weight is 297 g/mol. The number of anilines is 1. The molecule has 0 spiro atoms. The molecule has 114 valence electrons. The molecule has 0 aliphatic carbocycles. The first-order valence-corrected chi connectivity index (χ1v) is 7.65. The molecule has 0 aromatic carbocycles. The number of rotatable bonds is 2. The Morgan fingerprint density at radius 1 is 1.32 bits per heavy atom. The van der Waals surface area contributed by atoms with Crippen LogP contribution in [0.5, 0.6) is 0 Å². The Morgan fingerprint density at radius 3 is 3.05 bits per heavy atom. The van der Waals surface area contributed by atoms with E-state index in [2.05, 4.69) is 37.1 Å². The number of nitrogens with one attached hydrogen (secondary N) is 1. The largest absolute Gasteiger partial charge is 0.367 e. The fourth-order valence-corrected chi connectivity index (χ4v) is 3.32. The lowest BCUT2D eigenvalue weighted by Crippen LogP contribution is -2.35.